The Labute approximate surface area is 177 Å². The topological polar surface area (TPSA) is 109 Å². The second-order valence-corrected chi connectivity index (χ2v) is 9.39. The highest BCUT2D eigenvalue weighted by Gasteiger charge is 2.82. The van der Waals surface area contributed by atoms with Gasteiger partial charge in [-0.05, 0) is 26.7 Å². The number of carbonyl (C=O) groups is 1. The van der Waals surface area contributed by atoms with Crippen LogP contribution >= 0.6 is 0 Å². The average molecular weight is 421 g/mol. The van der Waals surface area contributed by atoms with Crippen molar-refractivity contribution in [3.8, 4) is 0 Å². The van der Waals surface area contributed by atoms with Gasteiger partial charge in [0.15, 0.2) is 0 Å². The zero-order valence-electron chi connectivity index (χ0n) is 17.8. The number of fused-ring (bicyclic) bond motifs is 2. The maximum absolute atomic E-state index is 12.5. The molecule has 2 saturated heterocycles. The van der Waals surface area contributed by atoms with Crippen LogP contribution < -0.4 is 0 Å². The van der Waals surface area contributed by atoms with Gasteiger partial charge in [-0.1, -0.05) is 36.8 Å². The molecule has 30 heavy (non-hydrogen) atoms. The summed E-state index contributed by atoms with van der Waals surface area (Å²) < 4.78 is 18.3. The molecule has 0 aromatic heterocycles. The van der Waals surface area contributed by atoms with Crippen molar-refractivity contribution in [2.24, 2.45) is 10.8 Å². The number of aliphatic hydroxyl groups excluding tert-OH is 3. The summed E-state index contributed by atoms with van der Waals surface area (Å²) in [5, 5.41) is 29.4. The molecule has 0 amide bonds. The second-order valence-electron chi connectivity index (χ2n) is 9.39. The molecule has 2 aliphatic carbocycles. The van der Waals surface area contributed by atoms with Crippen molar-refractivity contribution < 1.29 is 34.3 Å². The molecule has 0 radical (unpaired) electrons. The van der Waals surface area contributed by atoms with Crippen LogP contribution in [0.4, 0.5) is 0 Å². The molecule has 3 N–H and O–H groups in total. The number of rotatable bonds is 6. The third-order valence-corrected chi connectivity index (χ3v) is 7.90. The van der Waals surface area contributed by atoms with E-state index in [1.54, 1.807) is 0 Å². The van der Waals surface area contributed by atoms with E-state index in [9.17, 15) is 20.1 Å². The van der Waals surface area contributed by atoms with Crippen LogP contribution in [-0.2, 0) is 19.0 Å². The summed E-state index contributed by atoms with van der Waals surface area (Å²) in [5.74, 6) is -0.493. The van der Waals surface area contributed by atoms with Crippen molar-refractivity contribution >= 4 is 5.97 Å². The fourth-order valence-electron chi connectivity index (χ4n) is 5.82. The summed E-state index contributed by atoms with van der Waals surface area (Å²) in [6.45, 7) is 6.14. The number of aliphatic hydroxyl groups is 3. The van der Waals surface area contributed by atoms with Crippen LogP contribution in [0.3, 0.4) is 0 Å². The highest BCUT2D eigenvalue weighted by Crippen LogP contribution is 2.71. The molecule has 1 saturated carbocycles. The van der Waals surface area contributed by atoms with Crippen molar-refractivity contribution in [1.29, 1.82) is 0 Å². The Hall–Kier alpha value is -1.51. The molecule has 0 aromatic rings. The van der Waals surface area contributed by atoms with Crippen molar-refractivity contribution in [2.75, 3.05) is 13.2 Å². The molecule has 8 atom stereocenters. The lowest BCUT2D eigenvalue weighted by atomic mass is 9.51. The number of hydrogen-bond acceptors (Lipinski definition) is 7. The van der Waals surface area contributed by atoms with E-state index in [1.165, 1.54) is 36.8 Å². The summed E-state index contributed by atoms with van der Waals surface area (Å²) in [5.41, 5.74) is -0.378. The Balaban J connectivity index is 1.55. The zero-order valence-corrected chi connectivity index (χ0v) is 17.8. The van der Waals surface area contributed by atoms with Crippen LogP contribution in [0, 0.1) is 10.8 Å². The Morgan fingerprint density at radius 3 is 2.77 bits per heavy atom. The van der Waals surface area contributed by atoms with Crippen molar-refractivity contribution in [2.45, 2.75) is 76.2 Å². The quantitative estimate of drug-likeness (QED) is 0.196. The molecule has 1 spiro atoms. The first-order chi connectivity index (χ1) is 14.2. The van der Waals surface area contributed by atoms with Gasteiger partial charge >= 0.3 is 5.97 Å². The van der Waals surface area contributed by atoms with Crippen LogP contribution in [0.15, 0.2) is 36.0 Å². The molecule has 2 bridgehead atoms. The lowest BCUT2D eigenvalue weighted by Gasteiger charge is -2.58. The maximum atomic E-state index is 12.5. The van der Waals surface area contributed by atoms with E-state index in [0.29, 0.717) is 13.0 Å². The molecular weight excluding hydrogens is 388 g/mol. The van der Waals surface area contributed by atoms with E-state index in [-0.39, 0.29) is 18.8 Å². The van der Waals surface area contributed by atoms with Crippen LogP contribution in [0.2, 0.25) is 0 Å². The third-order valence-electron chi connectivity index (χ3n) is 7.90. The molecular formula is C23H32O7. The Kier molecular flexibility index (Phi) is 5.48. The average Bonchev–Trinajstić information content (AvgIpc) is 3.48. The van der Waals surface area contributed by atoms with Crippen molar-refractivity contribution in [3.05, 3.63) is 36.0 Å². The summed E-state index contributed by atoms with van der Waals surface area (Å²) in [4.78, 5) is 12.5. The lowest BCUT2D eigenvalue weighted by Crippen LogP contribution is -2.66. The van der Waals surface area contributed by atoms with Gasteiger partial charge in [-0.15, -0.1) is 0 Å². The molecule has 7 heteroatoms. The SMILES string of the molecule is CC1=C[C@H]2OC3C[C@@H](OC(=O)/C=C\C=C\[C@H](O)[C@H](C)O)[C@](C)([C@@]2(CO)CC1)[C@]31CO1. The number of hydrogen-bond donors (Lipinski definition) is 3. The lowest BCUT2D eigenvalue weighted by molar-refractivity contribution is -0.228. The van der Waals surface area contributed by atoms with Gasteiger partial charge in [0.1, 0.15) is 11.7 Å². The highest BCUT2D eigenvalue weighted by molar-refractivity contribution is 5.82. The summed E-state index contributed by atoms with van der Waals surface area (Å²) in [6, 6.07) is 0. The maximum Gasteiger partial charge on any atom is 0.331 e. The van der Waals surface area contributed by atoms with Gasteiger partial charge in [0.25, 0.3) is 0 Å². The van der Waals surface area contributed by atoms with Crippen molar-refractivity contribution in [3.63, 3.8) is 0 Å². The number of ether oxygens (including phenoxy) is 3. The van der Waals surface area contributed by atoms with Gasteiger partial charge in [-0.25, -0.2) is 4.79 Å². The molecule has 4 rings (SSSR count). The Bertz CT molecular complexity index is 780. The fourth-order valence-corrected chi connectivity index (χ4v) is 5.82. The van der Waals surface area contributed by atoms with Crippen molar-refractivity contribution in [1.82, 2.24) is 0 Å². The van der Waals surface area contributed by atoms with Crippen LogP contribution in [0.5, 0.6) is 0 Å². The normalized spacial score (nSPS) is 44.2. The van der Waals surface area contributed by atoms with Crippen LogP contribution in [-0.4, -0.2) is 70.6 Å². The van der Waals surface area contributed by atoms with Gasteiger partial charge in [-0.2, -0.15) is 0 Å². The predicted octanol–water partition coefficient (Wildman–Crippen LogP) is 1.42. The van der Waals surface area contributed by atoms with E-state index < -0.39 is 40.7 Å². The van der Waals surface area contributed by atoms with Crippen LogP contribution in [0.1, 0.15) is 40.0 Å². The van der Waals surface area contributed by atoms with E-state index in [0.717, 1.165) is 12.8 Å². The first-order valence-electron chi connectivity index (χ1n) is 10.7. The first kappa shape index (κ1) is 21.7. The number of epoxide rings is 1. The molecule has 166 valence electrons. The number of esters is 1. The zero-order chi connectivity index (χ0) is 21.7. The van der Waals surface area contributed by atoms with E-state index in [4.69, 9.17) is 14.2 Å². The van der Waals surface area contributed by atoms with Gasteiger partial charge < -0.3 is 29.5 Å². The summed E-state index contributed by atoms with van der Waals surface area (Å²) in [6.07, 6.45) is 7.27. The largest absolute Gasteiger partial charge is 0.458 e. The Morgan fingerprint density at radius 2 is 2.13 bits per heavy atom. The van der Waals surface area contributed by atoms with E-state index in [2.05, 4.69) is 19.9 Å². The van der Waals surface area contributed by atoms with Gasteiger partial charge in [0.05, 0.1) is 37.6 Å². The van der Waals surface area contributed by atoms with Crippen LogP contribution in [0.25, 0.3) is 0 Å². The van der Waals surface area contributed by atoms with E-state index in [1.807, 2.05) is 0 Å². The minimum atomic E-state index is -0.994. The monoisotopic (exact) mass is 420 g/mol. The highest BCUT2D eigenvalue weighted by atomic mass is 16.6. The van der Waals surface area contributed by atoms with E-state index >= 15 is 0 Å². The predicted molar refractivity (Wildman–Crippen MR) is 108 cm³/mol. The molecule has 2 aliphatic heterocycles. The first-order valence-corrected chi connectivity index (χ1v) is 10.7. The molecule has 1 unspecified atom stereocenters. The molecule has 7 nitrogen and oxygen atoms in total. The minimum Gasteiger partial charge on any atom is -0.458 e. The number of carbonyl (C=O) groups excluding carboxylic acids is 1. The molecule has 0 aromatic carbocycles. The second kappa shape index (κ2) is 7.57. The third kappa shape index (κ3) is 3.02. The smallest absolute Gasteiger partial charge is 0.331 e. The minimum absolute atomic E-state index is 0.0559. The molecule has 3 fully saturated rings. The van der Waals surface area contributed by atoms with Gasteiger partial charge in [-0.3, -0.25) is 0 Å². The number of allylic oxidation sites excluding steroid dienone is 3. The standard InChI is InChI=1S/C23H32O7/c1-14-8-9-22(12-24)18(10-14)29-19-11-17(21(22,3)23(19)13-28-23)30-20(27)7-5-4-6-16(26)15(2)25/h4-7,10,15-19,24-26H,8-9,11-13H2,1-3H3/b6-4+,7-5-/t15-,16-,17+,18+,19?,21+,22+,23-/m0/s1. The summed E-state index contributed by atoms with van der Waals surface area (Å²) in [7, 11) is 0. The fraction of sp³-hybridized carbons (Fsp3) is 0.696. The summed E-state index contributed by atoms with van der Waals surface area (Å²) >= 11 is 0. The van der Waals surface area contributed by atoms with Gasteiger partial charge in [0, 0.05) is 23.3 Å². The molecule has 2 heterocycles. The molecule has 4 aliphatic rings. The Morgan fingerprint density at radius 1 is 1.40 bits per heavy atom. The van der Waals surface area contributed by atoms with Gasteiger partial charge in [0.2, 0.25) is 0 Å².